The Morgan fingerprint density at radius 2 is 1.84 bits per heavy atom. The number of benzene rings is 3. The molecule has 1 amide bonds. The molecule has 1 fully saturated rings. The molecule has 0 radical (unpaired) electrons. The average Bonchev–Trinajstić information content (AvgIpc) is 3.49. The minimum Gasteiger partial charge on any atom is -0.487 e. The van der Waals surface area contributed by atoms with Crippen LogP contribution in [0.2, 0.25) is 0 Å². The molecule has 10 nitrogen and oxygen atoms in total. The molecule has 1 saturated heterocycles. The molecule has 1 aliphatic heterocycles. The number of carbonyl (C=O) groups is 1. The molecule has 0 atom stereocenters. The monoisotopic (exact) mass is 540 g/mol. The van der Waals surface area contributed by atoms with Crippen LogP contribution in [0, 0.1) is 5.82 Å². The molecule has 2 heterocycles. The highest BCUT2D eigenvalue weighted by molar-refractivity contribution is 7.92. The molecule has 0 spiro atoms. The highest BCUT2D eigenvalue weighted by Gasteiger charge is 2.38. The standard InChI is InChI=1S/C26H25FN4O6S/c1-35-24(36-2)15-30-13-20(12-28-30)18-8-9-19-11-22(37-16-17-6-4-3-5-7-17)26(25(27)21(19)10-18)31-14-23(32)29-38(31,33)34/h3-13,24H,14-16H2,1-2H3,(H,29,32). The summed E-state index contributed by atoms with van der Waals surface area (Å²) in [4.78, 5) is 11.9. The fourth-order valence-corrected chi connectivity index (χ4v) is 5.39. The number of nitrogens with one attached hydrogen (secondary N) is 1. The van der Waals surface area contributed by atoms with Crippen LogP contribution < -0.4 is 13.8 Å². The molecule has 0 unspecified atom stereocenters. The Bertz CT molecular complexity index is 1590. The lowest BCUT2D eigenvalue weighted by molar-refractivity contribution is -0.117. The van der Waals surface area contributed by atoms with Crippen LogP contribution in [0.5, 0.6) is 5.75 Å². The van der Waals surface area contributed by atoms with Crippen LogP contribution in [-0.4, -0.2) is 51.2 Å². The summed E-state index contributed by atoms with van der Waals surface area (Å²) in [5, 5.41) is 4.98. The van der Waals surface area contributed by atoms with Crippen LogP contribution in [0.3, 0.4) is 0 Å². The Morgan fingerprint density at radius 1 is 1.08 bits per heavy atom. The molecule has 0 saturated carbocycles. The number of anilines is 1. The highest BCUT2D eigenvalue weighted by Crippen LogP contribution is 2.40. The summed E-state index contributed by atoms with van der Waals surface area (Å²) >= 11 is 0. The van der Waals surface area contributed by atoms with Crippen LogP contribution in [0.1, 0.15) is 5.56 Å². The number of methoxy groups -OCH3 is 2. The van der Waals surface area contributed by atoms with Gasteiger partial charge in [-0.25, -0.2) is 13.4 Å². The number of hydrogen-bond donors (Lipinski definition) is 1. The number of ether oxygens (including phenoxy) is 3. The molecule has 12 heteroatoms. The van der Waals surface area contributed by atoms with E-state index < -0.39 is 34.8 Å². The van der Waals surface area contributed by atoms with Gasteiger partial charge in [0.15, 0.2) is 12.1 Å². The Balaban J connectivity index is 1.57. The van der Waals surface area contributed by atoms with E-state index in [4.69, 9.17) is 14.2 Å². The van der Waals surface area contributed by atoms with Crippen LogP contribution >= 0.6 is 0 Å². The van der Waals surface area contributed by atoms with E-state index in [0.717, 1.165) is 5.56 Å². The molecule has 0 aliphatic carbocycles. The van der Waals surface area contributed by atoms with E-state index in [0.29, 0.717) is 27.4 Å². The largest absolute Gasteiger partial charge is 0.487 e. The molecule has 4 aromatic rings. The van der Waals surface area contributed by atoms with Crippen molar-refractivity contribution >= 4 is 32.6 Å². The fraction of sp³-hybridized carbons (Fsp3) is 0.231. The van der Waals surface area contributed by atoms with Crippen molar-refractivity contribution in [1.29, 1.82) is 0 Å². The van der Waals surface area contributed by atoms with E-state index in [9.17, 15) is 13.2 Å². The molecule has 3 aromatic carbocycles. The second-order valence-corrected chi connectivity index (χ2v) is 10.2. The molecule has 38 heavy (non-hydrogen) atoms. The van der Waals surface area contributed by atoms with Crippen molar-refractivity contribution in [2.75, 3.05) is 25.1 Å². The molecule has 1 aliphatic rings. The second kappa shape index (κ2) is 10.4. The van der Waals surface area contributed by atoms with Crippen LogP contribution in [0.15, 0.2) is 67.0 Å². The van der Waals surface area contributed by atoms with Crippen LogP contribution in [0.25, 0.3) is 21.9 Å². The first-order valence-corrected chi connectivity index (χ1v) is 13.1. The van der Waals surface area contributed by atoms with Gasteiger partial charge in [-0.1, -0.05) is 42.5 Å². The van der Waals surface area contributed by atoms with Gasteiger partial charge in [0.1, 0.15) is 24.6 Å². The number of fused-ring (bicyclic) bond motifs is 1. The molecule has 198 valence electrons. The summed E-state index contributed by atoms with van der Waals surface area (Å²) in [5.41, 5.74) is 1.86. The minimum atomic E-state index is -4.28. The first-order valence-electron chi connectivity index (χ1n) is 11.6. The summed E-state index contributed by atoms with van der Waals surface area (Å²) in [6.07, 6.45) is 2.93. The number of amides is 1. The van der Waals surface area contributed by atoms with E-state index in [-0.39, 0.29) is 23.4 Å². The molecular formula is C26H25FN4O6S. The predicted molar refractivity (Wildman–Crippen MR) is 138 cm³/mol. The summed E-state index contributed by atoms with van der Waals surface area (Å²) < 4.78 is 62.0. The van der Waals surface area contributed by atoms with Crippen LogP contribution in [-0.2, 0) is 37.6 Å². The zero-order valence-corrected chi connectivity index (χ0v) is 21.4. The summed E-state index contributed by atoms with van der Waals surface area (Å²) in [6.45, 7) is -0.122. The summed E-state index contributed by atoms with van der Waals surface area (Å²) in [6, 6.07) is 15.9. The second-order valence-electron chi connectivity index (χ2n) is 8.64. The lowest BCUT2D eigenvalue weighted by Crippen LogP contribution is -2.30. The molecular weight excluding hydrogens is 515 g/mol. The fourth-order valence-electron chi connectivity index (χ4n) is 4.23. The third-order valence-corrected chi connectivity index (χ3v) is 7.53. The maximum absolute atomic E-state index is 16.2. The maximum Gasteiger partial charge on any atom is 0.326 e. The average molecular weight is 541 g/mol. The smallest absolute Gasteiger partial charge is 0.326 e. The van der Waals surface area contributed by atoms with Gasteiger partial charge >= 0.3 is 10.2 Å². The number of rotatable bonds is 9. The van der Waals surface area contributed by atoms with E-state index >= 15 is 4.39 Å². The van der Waals surface area contributed by atoms with Gasteiger partial charge in [-0.05, 0) is 28.6 Å². The first-order chi connectivity index (χ1) is 18.3. The van der Waals surface area contributed by atoms with Crippen molar-refractivity contribution in [3.63, 3.8) is 0 Å². The number of aromatic nitrogens is 2. The Morgan fingerprint density at radius 3 is 2.53 bits per heavy atom. The lowest BCUT2D eigenvalue weighted by Gasteiger charge is -2.21. The Labute approximate surface area is 218 Å². The predicted octanol–water partition coefficient (Wildman–Crippen LogP) is 3.22. The van der Waals surface area contributed by atoms with Gasteiger partial charge in [-0.3, -0.25) is 9.48 Å². The highest BCUT2D eigenvalue weighted by atomic mass is 32.2. The number of nitrogens with zero attached hydrogens (tertiary/aromatic N) is 3. The zero-order valence-electron chi connectivity index (χ0n) is 20.6. The van der Waals surface area contributed by atoms with E-state index in [2.05, 4.69) is 5.10 Å². The van der Waals surface area contributed by atoms with Gasteiger partial charge < -0.3 is 14.2 Å². The van der Waals surface area contributed by atoms with Gasteiger partial charge in [0, 0.05) is 31.4 Å². The topological polar surface area (TPSA) is 112 Å². The third kappa shape index (κ3) is 5.05. The molecule has 1 N–H and O–H groups in total. The van der Waals surface area contributed by atoms with E-state index in [1.165, 1.54) is 14.2 Å². The summed E-state index contributed by atoms with van der Waals surface area (Å²) in [7, 11) is -1.22. The zero-order chi connectivity index (χ0) is 26.9. The molecule has 0 bridgehead atoms. The van der Waals surface area contributed by atoms with Crippen molar-refractivity contribution in [3.8, 4) is 16.9 Å². The first kappa shape index (κ1) is 25.6. The molecule has 1 aromatic heterocycles. The Hall–Kier alpha value is -4.00. The molecule has 5 rings (SSSR count). The lowest BCUT2D eigenvalue weighted by atomic mass is 10.0. The number of halogens is 1. The summed E-state index contributed by atoms with van der Waals surface area (Å²) in [5.74, 6) is -1.58. The number of carbonyl (C=O) groups excluding carboxylic acids is 1. The van der Waals surface area contributed by atoms with E-state index in [1.54, 1.807) is 35.3 Å². The van der Waals surface area contributed by atoms with Crippen molar-refractivity contribution in [2.45, 2.75) is 19.4 Å². The minimum absolute atomic E-state index is 0.00432. The van der Waals surface area contributed by atoms with Crippen molar-refractivity contribution in [3.05, 3.63) is 78.4 Å². The third-order valence-electron chi connectivity index (χ3n) is 6.15. The van der Waals surface area contributed by atoms with Gasteiger partial charge in [-0.15, -0.1) is 0 Å². The van der Waals surface area contributed by atoms with Gasteiger partial charge in [0.05, 0.1) is 12.7 Å². The van der Waals surface area contributed by atoms with Gasteiger partial charge in [0.2, 0.25) is 0 Å². The van der Waals surface area contributed by atoms with Crippen molar-refractivity contribution in [2.24, 2.45) is 0 Å². The van der Waals surface area contributed by atoms with Gasteiger partial charge in [-0.2, -0.15) is 13.5 Å². The number of hydrogen-bond acceptors (Lipinski definition) is 7. The van der Waals surface area contributed by atoms with E-state index in [1.807, 2.05) is 41.1 Å². The quantitative estimate of drug-likeness (QED) is 0.325. The maximum atomic E-state index is 16.2. The Kier molecular flexibility index (Phi) is 7.02. The SMILES string of the molecule is COC(Cn1cc(-c2ccc3cc(OCc4ccccc4)c(N4CC(=O)NS4(=O)=O)c(F)c3c2)cn1)OC. The van der Waals surface area contributed by atoms with Gasteiger partial charge in [0.25, 0.3) is 5.91 Å². The normalized spacial score (nSPS) is 14.8. The van der Waals surface area contributed by atoms with Crippen molar-refractivity contribution < 1.29 is 31.8 Å². The van der Waals surface area contributed by atoms with Crippen molar-refractivity contribution in [1.82, 2.24) is 14.5 Å². The van der Waals surface area contributed by atoms with Crippen LogP contribution in [0.4, 0.5) is 10.1 Å².